The van der Waals surface area contributed by atoms with Gasteiger partial charge in [0.15, 0.2) is 0 Å². The second kappa shape index (κ2) is 3.30. The molecule has 1 N–H and O–H groups in total. The van der Waals surface area contributed by atoms with Gasteiger partial charge >= 0.3 is 11.9 Å². The number of esters is 2. The van der Waals surface area contributed by atoms with Crippen LogP contribution in [-0.4, -0.2) is 17.0 Å². The summed E-state index contributed by atoms with van der Waals surface area (Å²) in [6, 6.07) is 6.27. The van der Waals surface area contributed by atoms with Gasteiger partial charge in [0.2, 0.25) is 0 Å². The van der Waals surface area contributed by atoms with Crippen molar-refractivity contribution in [3.63, 3.8) is 0 Å². The molecule has 1 aliphatic rings. The van der Waals surface area contributed by atoms with Gasteiger partial charge in [-0.05, 0) is 28.1 Å². The first-order chi connectivity index (χ1) is 8.09. The Kier molecular flexibility index (Phi) is 2.00. The summed E-state index contributed by atoms with van der Waals surface area (Å²) in [6.45, 7) is 0. The molecule has 0 unspecified atom stereocenters. The molecular formula is C12H5BrO4. The van der Waals surface area contributed by atoms with Crippen LogP contribution in [-0.2, 0) is 4.74 Å². The van der Waals surface area contributed by atoms with E-state index in [0.29, 0.717) is 20.8 Å². The molecule has 5 heteroatoms. The van der Waals surface area contributed by atoms with Gasteiger partial charge < -0.3 is 9.84 Å². The summed E-state index contributed by atoms with van der Waals surface area (Å²) >= 11 is 3.23. The average molecular weight is 293 g/mol. The van der Waals surface area contributed by atoms with Crippen LogP contribution in [0, 0.1) is 0 Å². The van der Waals surface area contributed by atoms with E-state index in [1.54, 1.807) is 18.2 Å². The highest BCUT2D eigenvalue weighted by molar-refractivity contribution is 9.10. The molecule has 0 spiro atoms. The molecule has 4 nitrogen and oxygen atoms in total. The molecule has 0 saturated heterocycles. The number of halogens is 1. The lowest BCUT2D eigenvalue weighted by molar-refractivity contribution is 0.0391. The topological polar surface area (TPSA) is 63.6 Å². The molecule has 0 atom stereocenters. The van der Waals surface area contributed by atoms with Gasteiger partial charge in [0.1, 0.15) is 5.75 Å². The zero-order valence-electron chi connectivity index (χ0n) is 8.36. The molecule has 0 amide bonds. The predicted molar refractivity (Wildman–Crippen MR) is 63.1 cm³/mol. The maximum atomic E-state index is 11.6. The second-order valence-electron chi connectivity index (χ2n) is 3.66. The molecule has 3 rings (SSSR count). The van der Waals surface area contributed by atoms with Crippen LogP contribution in [0.15, 0.2) is 28.7 Å². The Morgan fingerprint density at radius 3 is 2.59 bits per heavy atom. The second-order valence-corrected chi connectivity index (χ2v) is 4.46. The Balaban J connectivity index is 2.59. The Bertz CT molecular complexity index is 690. The minimum atomic E-state index is -0.735. The largest absolute Gasteiger partial charge is 0.507 e. The first-order valence-corrected chi connectivity index (χ1v) is 5.59. The van der Waals surface area contributed by atoms with Crippen LogP contribution < -0.4 is 0 Å². The third kappa shape index (κ3) is 1.29. The van der Waals surface area contributed by atoms with Crippen molar-refractivity contribution in [2.45, 2.75) is 0 Å². The molecule has 0 aromatic heterocycles. The van der Waals surface area contributed by atoms with E-state index in [0.717, 1.165) is 0 Å². The molecule has 1 heterocycles. The van der Waals surface area contributed by atoms with Gasteiger partial charge in [-0.2, -0.15) is 0 Å². The van der Waals surface area contributed by atoms with Crippen LogP contribution in [0.3, 0.4) is 0 Å². The number of aromatic hydroxyl groups is 1. The molecule has 84 valence electrons. The van der Waals surface area contributed by atoms with Gasteiger partial charge in [0.25, 0.3) is 0 Å². The van der Waals surface area contributed by atoms with Crippen molar-refractivity contribution in [3.8, 4) is 5.75 Å². The summed E-state index contributed by atoms with van der Waals surface area (Å²) in [5, 5.41) is 10.8. The van der Waals surface area contributed by atoms with Gasteiger partial charge in [0, 0.05) is 10.8 Å². The molecular weight excluding hydrogens is 288 g/mol. The summed E-state index contributed by atoms with van der Waals surface area (Å²) in [7, 11) is 0. The summed E-state index contributed by atoms with van der Waals surface area (Å²) < 4.78 is 5.05. The Morgan fingerprint density at radius 2 is 1.82 bits per heavy atom. The fourth-order valence-corrected chi connectivity index (χ4v) is 2.41. The SMILES string of the molecule is O=C1OC(=O)c2cc(O)c(Br)c3cccc1c23. The van der Waals surface area contributed by atoms with Crippen molar-refractivity contribution in [2.24, 2.45) is 0 Å². The Hall–Kier alpha value is -1.88. The molecule has 0 saturated carbocycles. The minimum absolute atomic E-state index is 0.0593. The maximum absolute atomic E-state index is 11.6. The molecule has 0 radical (unpaired) electrons. The fraction of sp³-hybridized carbons (Fsp3) is 0. The molecule has 17 heavy (non-hydrogen) atoms. The van der Waals surface area contributed by atoms with Crippen molar-refractivity contribution in [1.82, 2.24) is 0 Å². The molecule has 0 bridgehead atoms. The number of carbonyl (C=O) groups excluding carboxylic acids is 2. The van der Waals surface area contributed by atoms with Gasteiger partial charge in [-0.25, -0.2) is 9.59 Å². The Labute approximate surface area is 104 Å². The number of phenolic OH excluding ortho intramolecular Hbond substituents is 1. The Morgan fingerprint density at radius 1 is 1.12 bits per heavy atom. The number of hydrogen-bond donors (Lipinski definition) is 1. The standard InChI is InChI=1S/C12H5BrO4/c13-10-5-2-1-3-6-9(5)7(4-8(10)14)12(16)17-11(6)15/h1-4,14H. The monoisotopic (exact) mass is 292 g/mol. The lowest BCUT2D eigenvalue weighted by Gasteiger charge is -2.16. The first kappa shape index (κ1) is 10.3. The smallest absolute Gasteiger partial charge is 0.346 e. The van der Waals surface area contributed by atoms with Crippen LogP contribution in [0.25, 0.3) is 10.8 Å². The van der Waals surface area contributed by atoms with Crippen molar-refractivity contribution in [3.05, 3.63) is 39.9 Å². The normalized spacial score (nSPS) is 13.9. The van der Waals surface area contributed by atoms with Crippen LogP contribution in [0.4, 0.5) is 0 Å². The molecule has 0 aliphatic carbocycles. The number of carbonyl (C=O) groups is 2. The van der Waals surface area contributed by atoms with Gasteiger partial charge in [-0.1, -0.05) is 12.1 Å². The van der Waals surface area contributed by atoms with Crippen molar-refractivity contribution in [1.29, 1.82) is 0 Å². The van der Waals surface area contributed by atoms with Crippen molar-refractivity contribution < 1.29 is 19.4 Å². The number of rotatable bonds is 0. The highest BCUT2D eigenvalue weighted by atomic mass is 79.9. The summed E-state index contributed by atoms with van der Waals surface area (Å²) in [6.07, 6.45) is 0. The van der Waals surface area contributed by atoms with Crippen molar-refractivity contribution in [2.75, 3.05) is 0 Å². The number of hydrogen-bond acceptors (Lipinski definition) is 4. The van der Waals surface area contributed by atoms with E-state index in [-0.39, 0.29) is 11.3 Å². The molecule has 0 fully saturated rings. The van der Waals surface area contributed by atoms with E-state index >= 15 is 0 Å². The summed E-state index contributed by atoms with van der Waals surface area (Å²) in [5.74, 6) is -1.46. The predicted octanol–water partition coefficient (Wildman–Crippen LogP) is 2.62. The fourth-order valence-electron chi connectivity index (χ4n) is 1.96. The molecule has 2 aromatic rings. The summed E-state index contributed by atoms with van der Waals surface area (Å²) in [5.41, 5.74) is 0.536. The molecule has 1 aliphatic heterocycles. The average Bonchev–Trinajstić information content (AvgIpc) is 2.31. The maximum Gasteiger partial charge on any atom is 0.346 e. The lowest BCUT2D eigenvalue weighted by atomic mass is 9.97. The lowest BCUT2D eigenvalue weighted by Crippen LogP contribution is -2.19. The van der Waals surface area contributed by atoms with Gasteiger partial charge in [0.05, 0.1) is 15.6 Å². The van der Waals surface area contributed by atoms with Crippen LogP contribution >= 0.6 is 15.9 Å². The van der Waals surface area contributed by atoms with E-state index in [4.69, 9.17) is 0 Å². The van der Waals surface area contributed by atoms with E-state index in [2.05, 4.69) is 20.7 Å². The zero-order chi connectivity index (χ0) is 12.2. The number of phenols is 1. The first-order valence-electron chi connectivity index (χ1n) is 4.80. The van der Waals surface area contributed by atoms with Gasteiger partial charge in [-0.3, -0.25) is 0 Å². The van der Waals surface area contributed by atoms with E-state index in [1.165, 1.54) is 6.07 Å². The van der Waals surface area contributed by atoms with E-state index in [9.17, 15) is 14.7 Å². The van der Waals surface area contributed by atoms with Crippen molar-refractivity contribution >= 4 is 38.6 Å². The van der Waals surface area contributed by atoms with E-state index < -0.39 is 11.9 Å². The third-order valence-corrected chi connectivity index (χ3v) is 3.53. The third-order valence-electron chi connectivity index (χ3n) is 2.70. The van der Waals surface area contributed by atoms with Gasteiger partial charge in [-0.15, -0.1) is 0 Å². The quantitative estimate of drug-likeness (QED) is 0.599. The zero-order valence-corrected chi connectivity index (χ0v) is 9.95. The number of benzene rings is 2. The van der Waals surface area contributed by atoms with E-state index in [1.807, 2.05) is 0 Å². The molecule has 2 aromatic carbocycles. The van der Waals surface area contributed by atoms with Crippen LogP contribution in [0.1, 0.15) is 20.7 Å². The summed E-state index contributed by atoms with van der Waals surface area (Å²) in [4.78, 5) is 23.1. The minimum Gasteiger partial charge on any atom is -0.507 e. The number of ether oxygens (including phenoxy) is 1. The van der Waals surface area contributed by atoms with Crippen LogP contribution in [0.5, 0.6) is 5.75 Å². The van der Waals surface area contributed by atoms with Crippen LogP contribution in [0.2, 0.25) is 0 Å². The highest BCUT2D eigenvalue weighted by Gasteiger charge is 2.28. The number of cyclic esters (lactones) is 2. The highest BCUT2D eigenvalue weighted by Crippen LogP contribution is 2.38.